The Kier molecular flexibility index (Phi) is 17.0. The predicted octanol–water partition coefficient (Wildman–Crippen LogP) is 13.2. The van der Waals surface area contributed by atoms with E-state index in [1.807, 2.05) is 0 Å². The second-order valence-corrected chi connectivity index (χ2v) is 28.4. The van der Waals surface area contributed by atoms with Gasteiger partial charge in [-0.05, 0) is 161 Å². The van der Waals surface area contributed by atoms with Gasteiger partial charge in [0.25, 0.3) is 0 Å². The molecule has 0 bridgehead atoms. The fourth-order valence-electron chi connectivity index (χ4n) is 16.4. The van der Waals surface area contributed by atoms with Crippen molar-refractivity contribution in [3.05, 3.63) is 0 Å². The minimum atomic E-state index is -0.780. The van der Waals surface area contributed by atoms with E-state index in [1.165, 1.54) is 96.3 Å². The summed E-state index contributed by atoms with van der Waals surface area (Å²) in [6.07, 6.45) is 24.9. The van der Waals surface area contributed by atoms with Gasteiger partial charge in [-0.25, -0.2) is 0 Å². The summed E-state index contributed by atoms with van der Waals surface area (Å²) in [6.45, 7) is 27.8. The molecule has 0 aromatic carbocycles. The smallest absolute Gasteiger partial charge is 0.310 e. The number of piperidine rings is 3. The van der Waals surface area contributed by atoms with E-state index in [-0.39, 0.29) is 93.6 Å². The van der Waals surface area contributed by atoms with Crippen molar-refractivity contribution >= 4 is 17.9 Å². The lowest BCUT2D eigenvalue weighted by atomic mass is 9.66. The van der Waals surface area contributed by atoms with Crippen molar-refractivity contribution in [3.63, 3.8) is 0 Å². The summed E-state index contributed by atoms with van der Waals surface area (Å²) in [5, 5.41) is 0. The lowest BCUT2D eigenvalue weighted by molar-refractivity contribution is -0.193. The number of ether oxygens (including phenoxy) is 3. The van der Waals surface area contributed by atoms with Gasteiger partial charge < -0.3 is 14.2 Å². The molecule has 396 valence electrons. The van der Waals surface area contributed by atoms with Gasteiger partial charge in [0.1, 0.15) is 18.3 Å². The van der Waals surface area contributed by atoms with E-state index < -0.39 is 17.8 Å². The van der Waals surface area contributed by atoms with Gasteiger partial charge in [0.15, 0.2) is 0 Å². The van der Waals surface area contributed by atoms with Crippen LogP contribution in [0.3, 0.4) is 0 Å². The van der Waals surface area contributed by atoms with Crippen LogP contribution in [0.1, 0.15) is 237 Å². The first-order chi connectivity index (χ1) is 32.2. The van der Waals surface area contributed by atoms with Crippen molar-refractivity contribution < 1.29 is 28.6 Å². The van der Waals surface area contributed by atoms with E-state index in [2.05, 4.69) is 119 Å². The Hall–Kier alpha value is -1.71. The highest BCUT2D eigenvalue weighted by molar-refractivity contribution is 5.84. The number of carbonyl (C=O) groups excluding carboxylic acids is 3. The monoisotopic (exact) mass is 964 g/mol. The SMILES string of the molecule is CN1C(C)(C)CC(OC(=O)C2CCC(C(=O)OC3CC(C)(C)N(C)C(C)(C)C3CC3CCCCC3)C(C(=O)OC3CC(C)(C)N(C)C(C)(C)C3CC3CCCCC3)C2)C(CC2CCCCC2)C1(C)C. The molecule has 4 saturated carbocycles. The van der Waals surface area contributed by atoms with Gasteiger partial charge in [-0.15, -0.1) is 0 Å². The van der Waals surface area contributed by atoms with E-state index in [4.69, 9.17) is 14.2 Å². The van der Waals surface area contributed by atoms with E-state index in [0.29, 0.717) is 30.6 Å². The molecule has 0 radical (unpaired) electrons. The second-order valence-electron chi connectivity index (χ2n) is 28.4. The topological polar surface area (TPSA) is 88.6 Å². The molecule has 0 aromatic rings. The molecule has 0 aromatic heterocycles. The maximum absolute atomic E-state index is 15.4. The zero-order valence-corrected chi connectivity index (χ0v) is 47.2. The highest BCUT2D eigenvalue weighted by Crippen LogP contribution is 2.51. The van der Waals surface area contributed by atoms with Crippen LogP contribution >= 0.6 is 0 Å². The highest BCUT2D eigenvalue weighted by atomic mass is 16.6. The van der Waals surface area contributed by atoms with Gasteiger partial charge in [-0.2, -0.15) is 0 Å². The molecule has 3 heterocycles. The third-order valence-electron chi connectivity index (χ3n) is 22.0. The number of hydrogen-bond acceptors (Lipinski definition) is 9. The zero-order chi connectivity index (χ0) is 50.5. The van der Waals surface area contributed by atoms with Crippen molar-refractivity contribution in [1.82, 2.24) is 14.7 Å². The van der Waals surface area contributed by atoms with Crippen molar-refractivity contribution in [2.45, 2.75) is 289 Å². The molecule has 3 aliphatic heterocycles. The number of hydrogen-bond donors (Lipinski definition) is 0. The summed E-state index contributed by atoms with van der Waals surface area (Å²) >= 11 is 0. The maximum Gasteiger partial charge on any atom is 0.310 e. The van der Waals surface area contributed by atoms with Crippen LogP contribution in [0.5, 0.6) is 0 Å². The van der Waals surface area contributed by atoms with E-state index in [9.17, 15) is 4.79 Å². The van der Waals surface area contributed by atoms with Crippen LogP contribution in [0.25, 0.3) is 0 Å². The average molecular weight is 965 g/mol. The van der Waals surface area contributed by atoms with Crippen molar-refractivity contribution in [1.29, 1.82) is 0 Å². The van der Waals surface area contributed by atoms with Crippen LogP contribution in [0, 0.1) is 53.3 Å². The fraction of sp³-hybridized carbons (Fsp3) is 0.950. The van der Waals surface area contributed by atoms with Gasteiger partial charge in [0, 0.05) is 70.2 Å². The molecule has 9 unspecified atom stereocenters. The number of carbonyl (C=O) groups is 3. The molecule has 9 nitrogen and oxygen atoms in total. The van der Waals surface area contributed by atoms with Crippen LogP contribution in [-0.4, -0.2) is 105 Å². The van der Waals surface area contributed by atoms with Crippen LogP contribution < -0.4 is 0 Å². The summed E-state index contributed by atoms with van der Waals surface area (Å²) < 4.78 is 20.8. The van der Waals surface area contributed by atoms with E-state index >= 15 is 9.59 Å². The second kappa shape index (κ2) is 21.3. The predicted molar refractivity (Wildman–Crippen MR) is 280 cm³/mol. The zero-order valence-electron chi connectivity index (χ0n) is 47.2. The Labute approximate surface area is 422 Å². The summed E-state index contributed by atoms with van der Waals surface area (Å²) in [5.74, 6) is -0.288. The Bertz CT molecular complexity index is 1750. The molecule has 7 fully saturated rings. The fourth-order valence-corrected chi connectivity index (χ4v) is 16.4. The highest BCUT2D eigenvalue weighted by Gasteiger charge is 2.57. The van der Waals surface area contributed by atoms with Crippen LogP contribution in [0.2, 0.25) is 0 Å². The summed E-state index contributed by atoms with van der Waals surface area (Å²) in [7, 11) is 6.74. The normalized spacial score (nSPS) is 36.8. The van der Waals surface area contributed by atoms with E-state index in [1.54, 1.807) is 0 Å². The van der Waals surface area contributed by atoms with E-state index in [0.717, 1.165) is 38.5 Å². The number of likely N-dealkylation sites (tertiary alicyclic amines) is 3. The molecule has 7 aliphatic rings. The first-order valence-electron chi connectivity index (χ1n) is 29.0. The molecular formula is C60H105N3O6. The minimum absolute atomic E-state index is 0.152. The molecule has 69 heavy (non-hydrogen) atoms. The number of esters is 3. The van der Waals surface area contributed by atoms with Gasteiger partial charge in [0.05, 0.1) is 17.8 Å². The first kappa shape index (κ1) is 55.0. The molecule has 0 spiro atoms. The molecule has 0 amide bonds. The van der Waals surface area contributed by atoms with Crippen LogP contribution in [0.15, 0.2) is 0 Å². The average Bonchev–Trinajstić information content (AvgIpc) is 3.29. The van der Waals surface area contributed by atoms with Crippen molar-refractivity contribution in [2.24, 2.45) is 53.3 Å². The van der Waals surface area contributed by atoms with Gasteiger partial charge in [-0.3, -0.25) is 29.1 Å². The Morgan fingerprint density at radius 2 is 0.681 bits per heavy atom. The molecular weight excluding hydrogens is 859 g/mol. The maximum atomic E-state index is 15.4. The van der Waals surface area contributed by atoms with Crippen LogP contribution in [0.4, 0.5) is 0 Å². The van der Waals surface area contributed by atoms with Crippen molar-refractivity contribution in [3.8, 4) is 0 Å². The van der Waals surface area contributed by atoms with Crippen LogP contribution in [-0.2, 0) is 28.6 Å². The van der Waals surface area contributed by atoms with Crippen molar-refractivity contribution in [2.75, 3.05) is 21.1 Å². The molecule has 0 N–H and O–H groups in total. The van der Waals surface area contributed by atoms with Gasteiger partial charge in [0.2, 0.25) is 0 Å². The minimum Gasteiger partial charge on any atom is -0.462 e. The third kappa shape index (κ3) is 11.8. The van der Waals surface area contributed by atoms with Gasteiger partial charge >= 0.3 is 17.9 Å². The summed E-state index contributed by atoms with van der Waals surface area (Å²) in [6, 6.07) is 0. The Morgan fingerprint density at radius 1 is 0.391 bits per heavy atom. The number of nitrogens with zero attached hydrogens (tertiary/aromatic N) is 3. The summed E-state index contributed by atoms with van der Waals surface area (Å²) in [4.78, 5) is 53.1. The molecule has 9 atom stereocenters. The molecule has 3 saturated heterocycles. The standard InChI is InChI=1S/C60H105N3O6/c1-55(2)37-49(46(58(7,8)61(55)13)33-40-25-19-16-20-26-40)67-52(64)43-31-32-44(53(65)68-50-38-56(3,4)62(14)59(9,10)47(50)34-41-27-21-17-22-28-41)45(36-43)54(66)69-51-39-57(5,6)63(15)60(11,12)48(51)35-42-29-23-18-24-30-42/h40-51H,16-39H2,1-15H3. The third-order valence-corrected chi connectivity index (χ3v) is 22.0. The lowest BCUT2D eigenvalue weighted by Crippen LogP contribution is -2.66. The Balaban J connectivity index is 1.17. The largest absolute Gasteiger partial charge is 0.462 e. The molecule has 9 heteroatoms. The van der Waals surface area contributed by atoms with Gasteiger partial charge in [-0.1, -0.05) is 96.3 Å². The molecule has 7 rings (SSSR count). The summed E-state index contributed by atoms with van der Waals surface area (Å²) in [5.41, 5.74) is -1.07. The number of rotatable bonds is 12. The quantitative estimate of drug-likeness (QED) is 0.140. The molecule has 4 aliphatic carbocycles. The first-order valence-corrected chi connectivity index (χ1v) is 29.0. The Morgan fingerprint density at radius 3 is 1.00 bits per heavy atom. The lowest BCUT2D eigenvalue weighted by Gasteiger charge is -2.58.